The van der Waals surface area contributed by atoms with E-state index in [0.29, 0.717) is 6.54 Å². The van der Waals surface area contributed by atoms with Gasteiger partial charge in [0.05, 0.1) is 26.8 Å². The Morgan fingerprint density at radius 2 is 1.81 bits per heavy atom. The topological polar surface area (TPSA) is 54.0 Å². The summed E-state index contributed by atoms with van der Waals surface area (Å²) in [6, 6.07) is 6.11. The van der Waals surface area contributed by atoms with Gasteiger partial charge >= 0.3 is 0 Å². The highest BCUT2D eigenvalue weighted by atomic mass is 35.5. The minimum atomic E-state index is 0. The van der Waals surface area contributed by atoms with Crippen LogP contribution in [-0.2, 0) is 4.79 Å². The molecule has 0 radical (unpaired) electrons. The van der Waals surface area contributed by atoms with Crippen molar-refractivity contribution in [3.05, 3.63) is 23.8 Å². The molecule has 26 heavy (non-hydrogen) atoms. The first-order valence-corrected chi connectivity index (χ1v) is 8.67. The summed E-state index contributed by atoms with van der Waals surface area (Å²) in [6.07, 6.45) is 2.05. The molecule has 148 valence electrons. The van der Waals surface area contributed by atoms with Crippen LogP contribution in [-0.4, -0.2) is 69.2 Å². The monoisotopic (exact) mass is 405 g/mol. The number of hydrogen-bond donors (Lipinski definition) is 1. The molecule has 1 N–H and O–H groups in total. The van der Waals surface area contributed by atoms with Crippen molar-refractivity contribution in [1.29, 1.82) is 0 Å². The SMILES string of the molecule is COc1ccc(C2CCCN2C(=O)CN2CCNCC2)cc1OC.Cl.Cl. The highest BCUT2D eigenvalue weighted by molar-refractivity contribution is 5.85. The van der Waals surface area contributed by atoms with Crippen LogP contribution >= 0.6 is 24.8 Å². The molecular formula is C18H29Cl2N3O3. The van der Waals surface area contributed by atoms with E-state index in [1.165, 1.54) is 0 Å². The van der Waals surface area contributed by atoms with Crippen LogP contribution in [0.5, 0.6) is 11.5 Å². The Bertz CT molecular complexity index is 583. The molecule has 2 aliphatic rings. The summed E-state index contributed by atoms with van der Waals surface area (Å²) in [5.41, 5.74) is 1.12. The summed E-state index contributed by atoms with van der Waals surface area (Å²) in [7, 11) is 3.28. The zero-order valence-corrected chi connectivity index (χ0v) is 17.0. The molecule has 3 rings (SSSR count). The maximum atomic E-state index is 12.8. The van der Waals surface area contributed by atoms with Gasteiger partial charge in [-0.1, -0.05) is 6.07 Å². The second-order valence-electron chi connectivity index (χ2n) is 6.39. The van der Waals surface area contributed by atoms with Gasteiger partial charge in [0.15, 0.2) is 11.5 Å². The molecule has 1 amide bonds. The maximum Gasteiger partial charge on any atom is 0.237 e. The van der Waals surface area contributed by atoms with Crippen LogP contribution in [0.4, 0.5) is 0 Å². The molecule has 0 aliphatic carbocycles. The lowest BCUT2D eigenvalue weighted by Gasteiger charge is -2.31. The second kappa shape index (κ2) is 10.8. The standard InChI is InChI=1S/C18H27N3O3.2ClH/c1-23-16-6-5-14(12-17(16)24-2)15-4-3-9-21(15)18(22)13-20-10-7-19-8-11-20;;/h5-6,12,15,19H,3-4,7-11,13H2,1-2H3;2*1H. The molecule has 8 heteroatoms. The van der Waals surface area contributed by atoms with E-state index >= 15 is 0 Å². The molecule has 0 bridgehead atoms. The van der Waals surface area contributed by atoms with E-state index in [-0.39, 0.29) is 36.8 Å². The van der Waals surface area contributed by atoms with Crippen molar-refractivity contribution in [1.82, 2.24) is 15.1 Å². The number of carbonyl (C=O) groups excluding carboxylic acids is 1. The van der Waals surface area contributed by atoms with Gasteiger partial charge in [0.1, 0.15) is 0 Å². The lowest BCUT2D eigenvalue weighted by atomic mass is 10.0. The highest BCUT2D eigenvalue weighted by Gasteiger charge is 2.31. The summed E-state index contributed by atoms with van der Waals surface area (Å²) in [5, 5.41) is 3.32. The Morgan fingerprint density at radius 3 is 2.46 bits per heavy atom. The van der Waals surface area contributed by atoms with Crippen molar-refractivity contribution in [2.45, 2.75) is 18.9 Å². The van der Waals surface area contributed by atoms with E-state index in [4.69, 9.17) is 9.47 Å². The van der Waals surface area contributed by atoms with Crippen LogP contribution in [0.3, 0.4) is 0 Å². The number of rotatable bonds is 5. The Labute approximate surface area is 168 Å². The largest absolute Gasteiger partial charge is 0.493 e. The molecule has 1 atom stereocenters. The van der Waals surface area contributed by atoms with Crippen molar-refractivity contribution in [2.24, 2.45) is 0 Å². The summed E-state index contributed by atoms with van der Waals surface area (Å²) in [6.45, 7) is 5.18. The average molecular weight is 406 g/mol. The normalized spacial score (nSPS) is 20.1. The molecule has 2 saturated heterocycles. The number of likely N-dealkylation sites (tertiary alicyclic amines) is 1. The predicted octanol–water partition coefficient (Wildman–Crippen LogP) is 2.12. The number of nitrogens with one attached hydrogen (secondary N) is 1. The number of nitrogens with zero attached hydrogens (tertiary/aromatic N) is 2. The lowest BCUT2D eigenvalue weighted by Crippen LogP contribution is -2.48. The van der Waals surface area contributed by atoms with Gasteiger partial charge < -0.3 is 19.7 Å². The predicted molar refractivity (Wildman–Crippen MR) is 107 cm³/mol. The lowest BCUT2D eigenvalue weighted by molar-refractivity contribution is -0.133. The number of carbonyl (C=O) groups is 1. The zero-order chi connectivity index (χ0) is 16.9. The van der Waals surface area contributed by atoms with Crippen LogP contribution in [0.2, 0.25) is 0 Å². The van der Waals surface area contributed by atoms with E-state index in [2.05, 4.69) is 10.2 Å². The first-order valence-electron chi connectivity index (χ1n) is 8.67. The van der Waals surface area contributed by atoms with E-state index in [0.717, 1.165) is 62.6 Å². The fourth-order valence-electron chi connectivity index (χ4n) is 3.62. The van der Waals surface area contributed by atoms with Crippen molar-refractivity contribution < 1.29 is 14.3 Å². The molecule has 1 aromatic carbocycles. The number of benzene rings is 1. The Kier molecular flexibility index (Phi) is 9.50. The molecule has 0 aromatic heterocycles. The zero-order valence-electron chi connectivity index (χ0n) is 15.4. The van der Waals surface area contributed by atoms with E-state index < -0.39 is 0 Å². The van der Waals surface area contributed by atoms with Gasteiger partial charge in [0, 0.05) is 32.7 Å². The van der Waals surface area contributed by atoms with Gasteiger partial charge in [0.25, 0.3) is 0 Å². The third kappa shape index (κ3) is 5.16. The van der Waals surface area contributed by atoms with Crippen LogP contribution in [0.15, 0.2) is 18.2 Å². The summed E-state index contributed by atoms with van der Waals surface area (Å²) in [4.78, 5) is 17.1. The third-order valence-corrected chi connectivity index (χ3v) is 4.93. The quantitative estimate of drug-likeness (QED) is 0.812. The van der Waals surface area contributed by atoms with Crippen LogP contribution < -0.4 is 14.8 Å². The number of ether oxygens (including phenoxy) is 2. The first kappa shape index (κ1) is 22.8. The minimum Gasteiger partial charge on any atom is -0.493 e. The molecule has 0 saturated carbocycles. The van der Waals surface area contributed by atoms with Crippen LogP contribution in [0.25, 0.3) is 0 Å². The van der Waals surface area contributed by atoms with Gasteiger partial charge in [-0.3, -0.25) is 9.69 Å². The van der Waals surface area contributed by atoms with E-state index in [1.54, 1.807) is 14.2 Å². The Balaban J connectivity index is 0.00000169. The minimum absolute atomic E-state index is 0. The Hall–Kier alpha value is -1.21. The van der Waals surface area contributed by atoms with Gasteiger partial charge in [-0.25, -0.2) is 0 Å². The first-order chi connectivity index (χ1) is 11.7. The summed E-state index contributed by atoms with van der Waals surface area (Å²) < 4.78 is 10.7. The van der Waals surface area contributed by atoms with Gasteiger partial charge in [-0.2, -0.15) is 0 Å². The van der Waals surface area contributed by atoms with Gasteiger partial charge in [-0.05, 0) is 30.5 Å². The highest BCUT2D eigenvalue weighted by Crippen LogP contribution is 2.36. The number of hydrogen-bond acceptors (Lipinski definition) is 5. The van der Waals surface area contributed by atoms with Crippen molar-refractivity contribution in [2.75, 3.05) is 53.5 Å². The van der Waals surface area contributed by atoms with Gasteiger partial charge in [-0.15, -0.1) is 24.8 Å². The van der Waals surface area contributed by atoms with Crippen molar-refractivity contribution in [3.8, 4) is 11.5 Å². The van der Waals surface area contributed by atoms with Crippen molar-refractivity contribution >= 4 is 30.7 Å². The number of halogens is 2. The smallest absolute Gasteiger partial charge is 0.237 e. The van der Waals surface area contributed by atoms with Crippen molar-refractivity contribution in [3.63, 3.8) is 0 Å². The molecule has 1 aromatic rings. The average Bonchev–Trinajstić information content (AvgIpc) is 3.12. The van der Waals surface area contributed by atoms with Gasteiger partial charge in [0.2, 0.25) is 5.91 Å². The molecule has 2 aliphatic heterocycles. The molecule has 2 heterocycles. The van der Waals surface area contributed by atoms with E-state index in [1.807, 2.05) is 23.1 Å². The number of amides is 1. The third-order valence-electron chi connectivity index (χ3n) is 4.93. The van der Waals surface area contributed by atoms with Crippen LogP contribution in [0, 0.1) is 0 Å². The number of piperazine rings is 1. The summed E-state index contributed by atoms with van der Waals surface area (Å²) in [5.74, 6) is 1.67. The fourth-order valence-corrected chi connectivity index (χ4v) is 3.62. The Morgan fingerprint density at radius 1 is 1.12 bits per heavy atom. The second-order valence-corrected chi connectivity index (χ2v) is 6.39. The molecule has 0 spiro atoms. The van der Waals surface area contributed by atoms with E-state index in [9.17, 15) is 4.79 Å². The molecule has 6 nitrogen and oxygen atoms in total. The maximum absolute atomic E-state index is 12.8. The fraction of sp³-hybridized carbons (Fsp3) is 0.611. The molecular weight excluding hydrogens is 377 g/mol. The van der Waals surface area contributed by atoms with Crippen LogP contribution in [0.1, 0.15) is 24.4 Å². The molecule has 1 unspecified atom stereocenters. The summed E-state index contributed by atoms with van der Waals surface area (Å²) >= 11 is 0. The molecule has 2 fully saturated rings. The number of methoxy groups -OCH3 is 2.